The molecule has 0 saturated carbocycles. The molecule has 4 aromatic rings. The monoisotopic (exact) mass is 457 g/mol. The third kappa shape index (κ3) is 4.28. The number of anilines is 1. The summed E-state index contributed by atoms with van der Waals surface area (Å²) in [4.78, 5) is 23.1. The first-order valence-electron chi connectivity index (χ1n) is 11.1. The SMILES string of the molecule is CC(NC(=O)C1CCN(c2oc(-c3ccco3)nc2C#N)CC1)c1ccc(-n2cncn2)cc1. The van der Waals surface area contributed by atoms with E-state index in [0.29, 0.717) is 37.6 Å². The van der Waals surface area contributed by atoms with Gasteiger partial charge in [-0.1, -0.05) is 12.1 Å². The lowest BCUT2D eigenvalue weighted by Gasteiger charge is -2.31. The first-order chi connectivity index (χ1) is 16.6. The summed E-state index contributed by atoms with van der Waals surface area (Å²) in [6.07, 6.45) is 5.98. The van der Waals surface area contributed by atoms with Gasteiger partial charge in [-0.3, -0.25) is 4.79 Å². The van der Waals surface area contributed by atoms with Crippen LogP contribution in [0, 0.1) is 17.2 Å². The van der Waals surface area contributed by atoms with Gasteiger partial charge in [0.2, 0.25) is 17.5 Å². The molecule has 0 bridgehead atoms. The molecule has 0 radical (unpaired) electrons. The van der Waals surface area contributed by atoms with Gasteiger partial charge in [0.25, 0.3) is 5.89 Å². The van der Waals surface area contributed by atoms with Gasteiger partial charge in [-0.25, -0.2) is 9.67 Å². The van der Waals surface area contributed by atoms with E-state index in [9.17, 15) is 10.1 Å². The number of carbonyl (C=O) groups excluding carboxylic acids is 1. The number of nitrogens with one attached hydrogen (secondary N) is 1. The number of nitrogens with zero attached hydrogens (tertiary/aromatic N) is 6. The summed E-state index contributed by atoms with van der Waals surface area (Å²) in [5, 5.41) is 16.7. The minimum Gasteiger partial charge on any atom is -0.459 e. The average Bonchev–Trinajstić information content (AvgIpc) is 3.65. The molecular weight excluding hydrogens is 434 g/mol. The van der Waals surface area contributed by atoms with Gasteiger partial charge in [-0.05, 0) is 49.6 Å². The molecule has 5 rings (SSSR count). The van der Waals surface area contributed by atoms with Gasteiger partial charge in [0, 0.05) is 19.0 Å². The molecular formula is C24H23N7O3. The van der Waals surface area contributed by atoms with Gasteiger partial charge < -0.3 is 19.1 Å². The second-order valence-electron chi connectivity index (χ2n) is 8.19. The molecule has 1 unspecified atom stereocenters. The molecule has 4 heterocycles. The van der Waals surface area contributed by atoms with Crippen LogP contribution in [0.15, 0.2) is 64.2 Å². The molecule has 10 nitrogen and oxygen atoms in total. The van der Waals surface area contributed by atoms with Crippen LogP contribution in [-0.4, -0.2) is 38.7 Å². The quantitative estimate of drug-likeness (QED) is 0.466. The van der Waals surface area contributed by atoms with Crippen molar-refractivity contribution in [2.24, 2.45) is 5.92 Å². The minimum absolute atomic E-state index is 0.0295. The number of benzene rings is 1. The van der Waals surface area contributed by atoms with Crippen LogP contribution in [-0.2, 0) is 4.79 Å². The Hall–Kier alpha value is -4.39. The average molecular weight is 457 g/mol. The number of oxazole rings is 1. The van der Waals surface area contributed by atoms with E-state index in [2.05, 4.69) is 26.5 Å². The highest BCUT2D eigenvalue weighted by atomic mass is 16.4. The van der Waals surface area contributed by atoms with Crippen molar-refractivity contribution in [3.05, 3.63) is 66.6 Å². The van der Waals surface area contributed by atoms with Gasteiger partial charge in [-0.2, -0.15) is 15.3 Å². The molecule has 0 aliphatic carbocycles. The van der Waals surface area contributed by atoms with Crippen molar-refractivity contribution in [2.75, 3.05) is 18.0 Å². The number of rotatable bonds is 6. The standard InChI is InChI=1S/C24H23N7O3/c1-16(17-4-6-19(7-5-17)31-15-26-14-27-31)28-22(32)18-8-10-30(11-9-18)24-20(13-25)29-23(34-24)21-3-2-12-33-21/h2-7,12,14-16,18H,8-11H2,1H3,(H,28,32). The summed E-state index contributed by atoms with van der Waals surface area (Å²) in [5.74, 6) is 1.10. The van der Waals surface area contributed by atoms with Crippen molar-refractivity contribution in [1.29, 1.82) is 5.26 Å². The molecule has 1 atom stereocenters. The molecule has 1 fully saturated rings. The summed E-state index contributed by atoms with van der Waals surface area (Å²) < 4.78 is 12.8. The number of nitriles is 1. The molecule has 172 valence electrons. The third-order valence-corrected chi connectivity index (χ3v) is 6.04. The van der Waals surface area contributed by atoms with E-state index in [0.717, 1.165) is 11.3 Å². The third-order valence-electron chi connectivity index (χ3n) is 6.04. The second-order valence-corrected chi connectivity index (χ2v) is 8.19. The van der Waals surface area contributed by atoms with Crippen LogP contribution < -0.4 is 10.2 Å². The van der Waals surface area contributed by atoms with E-state index in [1.165, 1.54) is 12.6 Å². The molecule has 1 aliphatic heterocycles. The molecule has 34 heavy (non-hydrogen) atoms. The summed E-state index contributed by atoms with van der Waals surface area (Å²) in [5.41, 5.74) is 2.14. The number of aromatic nitrogens is 4. The first kappa shape index (κ1) is 21.5. The van der Waals surface area contributed by atoms with Crippen LogP contribution in [0.4, 0.5) is 5.88 Å². The van der Waals surface area contributed by atoms with Crippen LogP contribution in [0.5, 0.6) is 0 Å². The zero-order chi connectivity index (χ0) is 23.5. The van der Waals surface area contributed by atoms with Crippen LogP contribution in [0.25, 0.3) is 17.3 Å². The lowest BCUT2D eigenvalue weighted by atomic mass is 9.95. The fraction of sp³-hybridized carbons (Fsp3) is 0.292. The van der Waals surface area contributed by atoms with E-state index in [1.54, 1.807) is 23.1 Å². The molecule has 10 heteroatoms. The van der Waals surface area contributed by atoms with E-state index in [-0.39, 0.29) is 29.5 Å². The van der Waals surface area contributed by atoms with Crippen LogP contribution in [0.2, 0.25) is 0 Å². The number of furan rings is 1. The van der Waals surface area contributed by atoms with E-state index in [4.69, 9.17) is 8.83 Å². The summed E-state index contributed by atoms with van der Waals surface area (Å²) in [6, 6.07) is 13.3. The maximum Gasteiger partial charge on any atom is 0.266 e. The maximum atomic E-state index is 12.9. The Bertz CT molecular complexity index is 1280. The maximum absolute atomic E-state index is 12.9. The molecule has 1 saturated heterocycles. The van der Waals surface area contributed by atoms with Crippen molar-refractivity contribution in [3.8, 4) is 23.4 Å². The van der Waals surface area contributed by atoms with Crippen LogP contribution in [0.3, 0.4) is 0 Å². The summed E-state index contributed by atoms with van der Waals surface area (Å²) in [6.45, 7) is 3.17. The van der Waals surface area contributed by atoms with Crippen molar-refractivity contribution in [2.45, 2.75) is 25.8 Å². The van der Waals surface area contributed by atoms with Crippen molar-refractivity contribution >= 4 is 11.8 Å². The van der Waals surface area contributed by atoms with E-state index in [1.807, 2.05) is 36.1 Å². The first-order valence-corrected chi connectivity index (χ1v) is 11.1. The van der Waals surface area contributed by atoms with Crippen molar-refractivity contribution in [1.82, 2.24) is 25.1 Å². The number of amides is 1. The zero-order valence-electron chi connectivity index (χ0n) is 18.6. The number of hydrogen-bond donors (Lipinski definition) is 1. The Balaban J connectivity index is 1.18. The largest absolute Gasteiger partial charge is 0.459 e. The Labute approximate surface area is 195 Å². The highest BCUT2D eigenvalue weighted by Gasteiger charge is 2.30. The molecule has 3 aromatic heterocycles. The Kier molecular flexibility index (Phi) is 5.82. The number of piperidine rings is 1. The summed E-state index contributed by atoms with van der Waals surface area (Å²) >= 11 is 0. The van der Waals surface area contributed by atoms with Gasteiger partial charge in [0.1, 0.15) is 18.7 Å². The van der Waals surface area contributed by atoms with Crippen LogP contribution in [0.1, 0.15) is 37.1 Å². The molecule has 0 spiro atoms. The molecule has 1 aromatic carbocycles. The molecule has 1 amide bonds. The van der Waals surface area contributed by atoms with Crippen LogP contribution >= 0.6 is 0 Å². The highest BCUT2D eigenvalue weighted by molar-refractivity contribution is 5.79. The van der Waals surface area contributed by atoms with Crippen molar-refractivity contribution < 1.29 is 13.6 Å². The predicted molar refractivity (Wildman–Crippen MR) is 122 cm³/mol. The fourth-order valence-electron chi connectivity index (χ4n) is 4.12. The lowest BCUT2D eigenvalue weighted by molar-refractivity contribution is -0.126. The smallest absolute Gasteiger partial charge is 0.266 e. The lowest BCUT2D eigenvalue weighted by Crippen LogP contribution is -2.41. The Morgan fingerprint density at radius 3 is 2.68 bits per heavy atom. The van der Waals surface area contributed by atoms with Gasteiger partial charge in [0.15, 0.2) is 5.76 Å². The van der Waals surface area contributed by atoms with Crippen molar-refractivity contribution in [3.63, 3.8) is 0 Å². The fourth-order valence-corrected chi connectivity index (χ4v) is 4.12. The highest BCUT2D eigenvalue weighted by Crippen LogP contribution is 2.31. The number of carbonyl (C=O) groups is 1. The van der Waals surface area contributed by atoms with E-state index < -0.39 is 0 Å². The summed E-state index contributed by atoms with van der Waals surface area (Å²) in [7, 11) is 0. The van der Waals surface area contributed by atoms with Gasteiger partial charge in [0.05, 0.1) is 18.0 Å². The molecule has 1 aliphatic rings. The van der Waals surface area contributed by atoms with E-state index >= 15 is 0 Å². The molecule has 1 N–H and O–H groups in total. The Morgan fingerprint density at radius 1 is 1.24 bits per heavy atom. The Morgan fingerprint density at radius 2 is 2.03 bits per heavy atom. The van der Waals surface area contributed by atoms with Gasteiger partial charge in [-0.15, -0.1) is 0 Å². The number of hydrogen-bond acceptors (Lipinski definition) is 8. The van der Waals surface area contributed by atoms with Gasteiger partial charge >= 0.3 is 0 Å². The minimum atomic E-state index is -0.120. The second kappa shape index (κ2) is 9.23. The predicted octanol–water partition coefficient (Wildman–Crippen LogP) is 3.48. The normalized spacial score (nSPS) is 15.1. The topological polar surface area (TPSA) is 126 Å². The zero-order valence-corrected chi connectivity index (χ0v) is 18.6.